The second kappa shape index (κ2) is 5.07. The first-order valence-electron chi connectivity index (χ1n) is 5.37. The van der Waals surface area contributed by atoms with Crippen LogP contribution in [0, 0.1) is 0 Å². The zero-order valence-corrected chi connectivity index (χ0v) is 13.1. The molecule has 1 rings (SSSR count). The van der Waals surface area contributed by atoms with Crippen LogP contribution in [0.15, 0.2) is 22.4 Å². The predicted octanol–water partition coefficient (Wildman–Crippen LogP) is 5.50. The maximum absolute atomic E-state index is 10.7. The van der Waals surface area contributed by atoms with Crippen LogP contribution in [0.1, 0.15) is 6.92 Å². The third kappa shape index (κ3) is 11.4. The first kappa shape index (κ1) is 19.5. The molecule has 10 heteroatoms. The number of quaternary nitrogens is 1. The summed E-state index contributed by atoms with van der Waals surface area (Å²) >= 11 is 6.15. The molecule has 1 aliphatic rings. The molecule has 0 aliphatic carbocycles. The topological polar surface area (TPSA) is 9.23 Å². The summed E-state index contributed by atoms with van der Waals surface area (Å²) in [4.78, 5) is 0. The van der Waals surface area contributed by atoms with Crippen LogP contribution >= 0.6 is 19.4 Å². The summed E-state index contributed by atoms with van der Waals surface area (Å²) < 4.78 is 65.1. The van der Waals surface area contributed by atoms with Crippen LogP contribution in [0.5, 0.6) is 0 Å². The molecule has 0 spiro atoms. The molecule has 0 saturated heterocycles. The molecule has 0 aromatic rings. The Morgan fingerprint density at radius 3 is 1.85 bits per heavy atom. The van der Waals surface area contributed by atoms with Gasteiger partial charge in [-0.1, -0.05) is 11.6 Å². The minimum absolute atomic E-state index is 0.894. The first-order valence-corrected chi connectivity index (χ1v) is 7.78. The Labute approximate surface area is 118 Å². The zero-order chi connectivity index (χ0) is 16.5. The summed E-state index contributed by atoms with van der Waals surface area (Å²) in [6.45, 7) is 3.94. The van der Waals surface area contributed by atoms with Crippen molar-refractivity contribution in [1.29, 1.82) is 0 Å². The molecule has 0 aromatic heterocycles. The summed E-state index contributed by atoms with van der Waals surface area (Å²) in [6, 6.07) is 0. The van der Waals surface area contributed by atoms with E-state index in [9.17, 15) is 25.2 Å². The average Bonchev–Trinajstić information content (AvgIpc) is 2.07. The van der Waals surface area contributed by atoms with Gasteiger partial charge in [-0.05, 0) is 12.5 Å². The summed E-state index contributed by atoms with van der Waals surface area (Å²) in [6.07, 6.45) is 1.79. The third-order valence-corrected chi connectivity index (χ3v) is 2.72. The summed E-state index contributed by atoms with van der Waals surface area (Å²) in [5.74, 6) is 0. The van der Waals surface area contributed by atoms with Crippen LogP contribution in [-0.2, 0) is 4.74 Å². The van der Waals surface area contributed by atoms with E-state index < -0.39 is 7.81 Å². The van der Waals surface area contributed by atoms with Crippen LogP contribution in [-0.4, -0.2) is 38.8 Å². The average molecular weight is 348 g/mol. The predicted molar refractivity (Wildman–Crippen MR) is 69.1 cm³/mol. The molecule has 1 aliphatic heterocycles. The number of methoxy groups -OCH3 is 1. The van der Waals surface area contributed by atoms with Crippen LogP contribution in [0.25, 0.3) is 0 Å². The molecule has 1 heterocycles. The summed E-state index contributed by atoms with van der Waals surface area (Å²) in [5, 5.41) is 0.944. The van der Waals surface area contributed by atoms with Crippen molar-refractivity contribution in [2.45, 2.75) is 6.92 Å². The maximum atomic E-state index is 9.87. The van der Waals surface area contributed by atoms with Crippen LogP contribution in [0.4, 0.5) is 25.2 Å². The van der Waals surface area contributed by atoms with Crippen molar-refractivity contribution in [2.24, 2.45) is 0 Å². The van der Waals surface area contributed by atoms with E-state index in [0.717, 1.165) is 22.6 Å². The SMILES string of the molecule is CO/C=C1/C[N+](C)(C)CC(Cl)=C1C.F[P-](F)(F)(F)(F)F. The number of hydrogen-bond donors (Lipinski definition) is 0. The van der Waals surface area contributed by atoms with E-state index in [0.29, 0.717) is 0 Å². The van der Waals surface area contributed by atoms with Gasteiger partial charge in [0.05, 0.1) is 32.5 Å². The van der Waals surface area contributed by atoms with Gasteiger partial charge in [0.2, 0.25) is 0 Å². The Bertz CT molecular complexity index is 428. The summed E-state index contributed by atoms with van der Waals surface area (Å²) in [7, 11) is -4.66. The minimum atomic E-state index is -10.7. The van der Waals surface area contributed by atoms with Gasteiger partial charge in [0, 0.05) is 5.57 Å². The molecule has 0 fully saturated rings. The molecular weight excluding hydrogens is 331 g/mol. The van der Waals surface area contributed by atoms with E-state index in [4.69, 9.17) is 16.3 Å². The fourth-order valence-electron chi connectivity index (χ4n) is 1.57. The van der Waals surface area contributed by atoms with E-state index in [-0.39, 0.29) is 0 Å². The summed E-state index contributed by atoms with van der Waals surface area (Å²) in [5.41, 5.74) is 2.37. The Morgan fingerprint density at radius 2 is 1.50 bits per heavy atom. The second-order valence-corrected chi connectivity index (χ2v) is 7.49. The molecule has 0 bridgehead atoms. The van der Waals surface area contributed by atoms with Gasteiger partial charge >= 0.3 is 33.0 Å². The van der Waals surface area contributed by atoms with Crippen molar-refractivity contribution < 1.29 is 34.4 Å². The van der Waals surface area contributed by atoms with Crippen molar-refractivity contribution in [1.82, 2.24) is 0 Å². The molecule has 0 radical (unpaired) electrons. The third-order valence-electron chi connectivity index (χ3n) is 2.31. The van der Waals surface area contributed by atoms with Crippen molar-refractivity contribution >= 4 is 19.4 Å². The number of ether oxygens (including phenoxy) is 1. The monoisotopic (exact) mass is 347 g/mol. The van der Waals surface area contributed by atoms with Gasteiger partial charge in [-0.2, -0.15) is 0 Å². The Kier molecular flexibility index (Phi) is 4.95. The van der Waals surface area contributed by atoms with Gasteiger partial charge in [-0.25, -0.2) is 0 Å². The van der Waals surface area contributed by atoms with E-state index >= 15 is 0 Å². The van der Waals surface area contributed by atoms with Crippen LogP contribution in [0.2, 0.25) is 0 Å². The number of likely N-dealkylation sites (N-methyl/N-ethyl adjacent to an activating group) is 1. The van der Waals surface area contributed by atoms with E-state index in [1.54, 1.807) is 13.4 Å². The number of halogens is 7. The van der Waals surface area contributed by atoms with Gasteiger partial charge < -0.3 is 9.22 Å². The van der Waals surface area contributed by atoms with Crippen molar-refractivity contribution in [2.75, 3.05) is 34.3 Å². The molecule has 0 unspecified atom stereocenters. The van der Waals surface area contributed by atoms with E-state index in [2.05, 4.69) is 14.1 Å². The van der Waals surface area contributed by atoms with Gasteiger partial charge in [-0.15, -0.1) is 0 Å². The molecule has 0 amide bonds. The molecule has 2 nitrogen and oxygen atoms in total. The van der Waals surface area contributed by atoms with Gasteiger partial charge in [-0.3, -0.25) is 0 Å². The van der Waals surface area contributed by atoms with Crippen LogP contribution < -0.4 is 0 Å². The van der Waals surface area contributed by atoms with Gasteiger partial charge in [0.25, 0.3) is 0 Å². The standard InChI is InChI=1S/C10H17ClNO.F6P/c1-8-9(7-13-4)5-12(2,3)6-10(8)11;1-7(2,3,4,5)6/h7H,5-6H2,1-4H3;/q+1;-1/b9-7-;. The van der Waals surface area contributed by atoms with Crippen molar-refractivity contribution in [3.63, 3.8) is 0 Å². The Balaban J connectivity index is 0.000000441. The quantitative estimate of drug-likeness (QED) is 0.263. The normalized spacial score (nSPS) is 24.4. The fraction of sp³-hybridized carbons (Fsp3) is 0.600. The molecular formula is C10H17ClF6NOP. The van der Waals surface area contributed by atoms with Gasteiger partial charge in [0.15, 0.2) is 0 Å². The zero-order valence-electron chi connectivity index (χ0n) is 11.4. The second-order valence-electron chi connectivity index (χ2n) is 5.12. The molecule has 0 saturated carbocycles. The molecule has 122 valence electrons. The van der Waals surface area contributed by atoms with Crippen LogP contribution in [0.3, 0.4) is 0 Å². The van der Waals surface area contributed by atoms with Crippen molar-refractivity contribution in [3.05, 3.63) is 22.4 Å². The molecule has 0 atom stereocenters. The first-order chi connectivity index (χ1) is 8.41. The number of nitrogens with zero attached hydrogens (tertiary/aromatic N) is 1. The molecule has 0 aromatic carbocycles. The number of hydrogen-bond acceptors (Lipinski definition) is 1. The van der Waals surface area contributed by atoms with Gasteiger partial charge in [0.1, 0.15) is 13.1 Å². The number of rotatable bonds is 1. The van der Waals surface area contributed by atoms with Crippen molar-refractivity contribution in [3.8, 4) is 0 Å². The Morgan fingerprint density at radius 1 is 1.10 bits per heavy atom. The molecule has 0 N–H and O–H groups in total. The molecule has 20 heavy (non-hydrogen) atoms. The Hall–Kier alpha value is -0.460. The fourth-order valence-corrected chi connectivity index (χ4v) is 2.02. The van der Waals surface area contributed by atoms with E-state index in [1.807, 2.05) is 6.92 Å². The van der Waals surface area contributed by atoms with E-state index in [1.165, 1.54) is 11.1 Å².